The Hall–Kier alpha value is -2.53. The van der Waals surface area contributed by atoms with Gasteiger partial charge in [0.2, 0.25) is 5.91 Å². The fourth-order valence-corrected chi connectivity index (χ4v) is 3.40. The van der Waals surface area contributed by atoms with Gasteiger partial charge in [0.05, 0.1) is 12.5 Å². The molecule has 6 heteroatoms. The van der Waals surface area contributed by atoms with E-state index in [0.29, 0.717) is 36.8 Å². The van der Waals surface area contributed by atoms with Crippen molar-refractivity contribution in [1.82, 2.24) is 10.2 Å². The first-order valence-corrected chi connectivity index (χ1v) is 9.93. The predicted molar refractivity (Wildman–Crippen MR) is 110 cm³/mol. The molecule has 0 spiro atoms. The zero-order valence-corrected chi connectivity index (χ0v) is 16.7. The molecule has 148 valence electrons. The van der Waals surface area contributed by atoms with Crippen LogP contribution in [0.4, 0.5) is 0 Å². The number of hydrogen-bond acceptors (Lipinski definition) is 3. The van der Waals surface area contributed by atoms with Crippen molar-refractivity contribution in [2.45, 2.75) is 19.8 Å². The van der Waals surface area contributed by atoms with Gasteiger partial charge in [0.25, 0.3) is 5.91 Å². The lowest BCUT2D eigenvalue weighted by molar-refractivity contribution is -0.126. The lowest BCUT2D eigenvalue weighted by atomic mass is 9.96. The molecule has 3 rings (SSSR count). The second-order valence-electron chi connectivity index (χ2n) is 7.05. The SMILES string of the molecule is Cc1ccc(OCCNC(=O)[C@H]2CCCN(C(=O)c3ccc(Cl)cc3)C2)cc1. The van der Waals surface area contributed by atoms with Crippen LogP contribution in [0, 0.1) is 12.8 Å². The number of likely N-dealkylation sites (tertiary alicyclic amines) is 1. The summed E-state index contributed by atoms with van der Waals surface area (Å²) in [5.74, 6) is 0.514. The molecule has 0 saturated carbocycles. The third-order valence-corrected chi connectivity index (χ3v) is 5.11. The zero-order valence-electron chi connectivity index (χ0n) is 16.0. The van der Waals surface area contributed by atoms with E-state index in [-0.39, 0.29) is 17.7 Å². The number of piperidine rings is 1. The lowest BCUT2D eigenvalue weighted by Gasteiger charge is -2.32. The molecule has 1 aliphatic rings. The number of nitrogens with zero attached hydrogens (tertiary/aromatic N) is 1. The fourth-order valence-electron chi connectivity index (χ4n) is 3.27. The fraction of sp³-hybridized carbons (Fsp3) is 0.364. The summed E-state index contributed by atoms with van der Waals surface area (Å²) in [6.45, 7) is 3.98. The Morgan fingerprint density at radius 3 is 2.57 bits per heavy atom. The molecule has 0 aromatic heterocycles. The van der Waals surface area contributed by atoms with Gasteiger partial charge in [-0.3, -0.25) is 9.59 Å². The van der Waals surface area contributed by atoms with Crippen LogP contribution in [0.15, 0.2) is 48.5 Å². The maximum absolute atomic E-state index is 12.7. The zero-order chi connectivity index (χ0) is 19.9. The van der Waals surface area contributed by atoms with Gasteiger partial charge in [-0.15, -0.1) is 0 Å². The Bertz CT molecular complexity index is 806. The van der Waals surface area contributed by atoms with E-state index in [1.54, 1.807) is 29.2 Å². The van der Waals surface area contributed by atoms with Gasteiger partial charge in [-0.05, 0) is 56.2 Å². The highest BCUT2D eigenvalue weighted by molar-refractivity contribution is 6.30. The summed E-state index contributed by atoms with van der Waals surface area (Å²) in [4.78, 5) is 26.9. The molecular formula is C22H25ClN2O3. The lowest BCUT2D eigenvalue weighted by Crippen LogP contribution is -2.46. The number of ether oxygens (including phenoxy) is 1. The molecule has 0 unspecified atom stereocenters. The summed E-state index contributed by atoms with van der Waals surface area (Å²) >= 11 is 5.89. The number of hydrogen-bond donors (Lipinski definition) is 1. The van der Waals surface area contributed by atoms with Gasteiger partial charge in [-0.25, -0.2) is 0 Å². The van der Waals surface area contributed by atoms with Crippen molar-refractivity contribution in [3.05, 3.63) is 64.7 Å². The minimum absolute atomic E-state index is 0.0267. The van der Waals surface area contributed by atoms with Crippen LogP contribution in [0.25, 0.3) is 0 Å². The van der Waals surface area contributed by atoms with Crippen LogP contribution in [0.1, 0.15) is 28.8 Å². The highest BCUT2D eigenvalue weighted by Gasteiger charge is 2.28. The second kappa shape index (κ2) is 9.60. The minimum Gasteiger partial charge on any atom is -0.492 e. The summed E-state index contributed by atoms with van der Waals surface area (Å²) < 4.78 is 5.64. The van der Waals surface area contributed by atoms with Gasteiger partial charge in [0, 0.05) is 23.7 Å². The molecular weight excluding hydrogens is 376 g/mol. The largest absolute Gasteiger partial charge is 0.492 e. The standard InChI is InChI=1S/C22H25ClN2O3/c1-16-4-10-20(11-5-16)28-14-12-24-21(26)18-3-2-13-25(15-18)22(27)17-6-8-19(23)9-7-17/h4-11,18H,2-3,12-15H2,1H3,(H,24,26)/t18-/m0/s1. The molecule has 1 fully saturated rings. The Labute approximate surface area is 170 Å². The highest BCUT2D eigenvalue weighted by Crippen LogP contribution is 2.20. The van der Waals surface area contributed by atoms with Crippen LogP contribution in [-0.4, -0.2) is 43.0 Å². The third-order valence-electron chi connectivity index (χ3n) is 4.86. The highest BCUT2D eigenvalue weighted by atomic mass is 35.5. The monoisotopic (exact) mass is 400 g/mol. The van der Waals surface area contributed by atoms with E-state index in [0.717, 1.165) is 18.6 Å². The Balaban J connectivity index is 1.45. The number of aryl methyl sites for hydroxylation is 1. The number of rotatable bonds is 6. The molecule has 0 radical (unpaired) electrons. The first kappa shape index (κ1) is 20.2. The Kier molecular flexibility index (Phi) is 6.93. The second-order valence-corrected chi connectivity index (χ2v) is 7.49. The van der Waals surface area contributed by atoms with Crippen molar-refractivity contribution in [3.63, 3.8) is 0 Å². The molecule has 0 bridgehead atoms. The minimum atomic E-state index is -0.190. The van der Waals surface area contributed by atoms with Crippen molar-refractivity contribution < 1.29 is 14.3 Å². The number of carbonyl (C=O) groups excluding carboxylic acids is 2. The predicted octanol–water partition coefficient (Wildman–Crippen LogP) is 3.70. The molecule has 2 aromatic rings. The molecule has 0 aliphatic carbocycles. The molecule has 2 aromatic carbocycles. The van der Waals surface area contributed by atoms with Crippen LogP contribution < -0.4 is 10.1 Å². The van der Waals surface area contributed by atoms with E-state index in [2.05, 4.69) is 5.32 Å². The third kappa shape index (κ3) is 5.49. The van der Waals surface area contributed by atoms with Crippen molar-refractivity contribution >= 4 is 23.4 Å². The normalized spacial score (nSPS) is 16.5. The van der Waals surface area contributed by atoms with E-state index in [9.17, 15) is 9.59 Å². The average molecular weight is 401 g/mol. The smallest absolute Gasteiger partial charge is 0.253 e. The molecule has 1 aliphatic heterocycles. The molecule has 28 heavy (non-hydrogen) atoms. The van der Waals surface area contributed by atoms with Crippen molar-refractivity contribution in [2.75, 3.05) is 26.2 Å². The number of carbonyl (C=O) groups is 2. The molecule has 5 nitrogen and oxygen atoms in total. The van der Waals surface area contributed by atoms with Crippen LogP contribution in [0.5, 0.6) is 5.75 Å². The Morgan fingerprint density at radius 1 is 1.14 bits per heavy atom. The van der Waals surface area contributed by atoms with E-state index < -0.39 is 0 Å². The van der Waals surface area contributed by atoms with Crippen LogP contribution >= 0.6 is 11.6 Å². The molecule has 1 heterocycles. The number of benzene rings is 2. The van der Waals surface area contributed by atoms with Crippen molar-refractivity contribution in [3.8, 4) is 5.75 Å². The maximum atomic E-state index is 12.7. The topological polar surface area (TPSA) is 58.6 Å². The van der Waals surface area contributed by atoms with Crippen LogP contribution in [-0.2, 0) is 4.79 Å². The van der Waals surface area contributed by atoms with Crippen LogP contribution in [0.2, 0.25) is 5.02 Å². The quantitative estimate of drug-likeness (QED) is 0.752. The van der Waals surface area contributed by atoms with Crippen molar-refractivity contribution in [2.24, 2.45) is 5.92 Å². The van der Waals surface area contributed by atoms with Crippen molar-refractivity contribution in [1.29, 1.82) is 0 Å². The average Bonchev–Trinajstić information content (AvgIpc) is 2.72. The number of nitrogens with one attached hydrogen (secondary N) is 1. The van der Waals surface area contributed by atoms with Crippen LogP contribution in [0.3, 0.4) is 0 Å². The summed E-state index contributed by atoms with van der Waals surface area (Å²) in [7, 11) is 0. The summed E-state index contributed by atoms with van der Waals surface area (Å²) in [6.07, 6.45) is 1.60. The summed E-state index contributed by atoms with van der Waals surface area (Å²) in [5, 5.41) is 3.52. The first-order chi connectivity index (χ1) is 13.5. The van der Waals surface area contributed by atoms with E-state index >= 15 is 0 Å². The molecule has 2 amide bonds. The number of amides is 2. The maximum Gasteiger partial charge on any atom is 0.253 e. The molecule has 1 saturated heterocycles. The van der Waals surface area contributed by atoms with E-state index in [1.807, 2.05) is 31.2 Å². The van der Waals surface area contributed by atoms with Gasteiger partial charge >= 0.3 is 0 Å². The first-order valence-electron chi connectivity index (χ1n) is 9.55. The van der Waals surface area contributed by atoms with E-state index in [4.69, 9.17) is 16.3 Å². The summed E-state index contributed by atoms with van der Waals surface area (Å²) in [5.41, 5.74) is 1.77. The van der Waals surface area contributed by atoms with Gasteiger partial charge in [0.15, 0.2) is 0 Å². The van der Waals surface area contributed by atoms with Gasteiger partial charge in [-0.1, -0.05) is 29.3 Å². The molecule has 1 atom stereocenters. The molecule has 1 N–H and O–H groups in total. The van der Waals surface area contributed by atoms with Gasteiger partial charge in [0.1, 0.15) is 12.4 Å². The van der Waals surface area contributed by atoms with Gasteiger partial charge in [-0.2, -0.15) is 0 Å². The Morgan fingerprint density at radius 2 is 1.86 bits per heavy atom. The van der Waals surface area contributed by atoms with Gasteiger partial charge < -0.3 is 15.0 Å². The van der Waals surface area contributed by atoms with E-state index in [1.165, 1.54) is 5.56 Å². The summed E-state index contributed by atoms with van der Waals surface area (Å²) in [6, 6.07) is 14.7. The number of halogens is 1.